The van der Waals surface area contributed by atoms with Gasteiger partial charge in [0.1, 0.15) is 0 Å². The van der Waals surface area contributed by atoms with Gasteiger partial charge in [-0.3, -0.25) is 0 Å². The fourth-order valence-corrected chi connectivity index (χ4v) is 1.68. The number of hydrogen-bond donors (Lipinski definition) is 0. The van der Waals surface area contributed by atoms with Crippen molar-refractivity contribution in [2.24, 2.45) is 16.9 Å². The maximum absolute atomic E-state index is 4.53. The quantitative estimate of drug-likeness (QED) is 0.472. The zero-order chi connectivity index (χ0) is 11.1. The lowest BCUT2D eigenvalue weighted by molar-refractivity contribution is 0.418. The smallest absolute Gasteiger partial charge is 0.0406 e. The van der Waals surface area contributed by atoms with Crippen LogP contribution in [-0.4, -0.2) is 24.8 Å². The van der Waals surface area contributed by atoms with Crippen molar-refractivity contribution in [2.75, 3.05) is 14.1 Å². The maximum atomic E-state index is 4.53. The van der Waals surface area contributed by atoms with Crippen LogP contribution in [0.15, 0.2) is 5.10 Å². The predicted octanol–water partition coefficient (Wildman–Crippen LogP) is 3.39. The first-order valence-corrected chi connectivity index (χ1v) is 5.75. The van der Waals surface area contributed by atoms with Gasteiger partial charge < -0.3 is 5.01 Å². The fourth-order valence-electron chi connectivity index (χ4n) is 1.68. The Bertz CT molecular complexity index is 173. The molecule has 0 aromatic carbocycles. The van der Waals surface area contributed by atoms with Gasteiger partial charge in [0.15, 0.2) is 0 Å². The molecule has 2 heteroatoms. The summed E-state index contributed by atoms with van der Waals surface area (Å²) in [7, 11) is 3.98. The lowest BCUT2D eigenvalue weighted by Crippen LogP contribution is -2.17. The van der Waals surface area contributed by atoms with E-state index in [1.165, 1.54) is 18.6 Å². The average molecular weight is 198 g/mol. The molecule has 0 amide bonds. The predicted molar refractivity (Wildman–Crippen MR) is 64.6 cm³/mol. The molecular formula is C12H26N2. The van der Waals surface area contributed by atoms with Gasteiger partial charge >= 0.3 is 0 Å². The third-order valence-electron chi connectivity index (χ3n) is 2.71. The molecule has 0 fully saturated rings. The van der Waals surface area contributed by atoms with Crippen LogP contribution < -0.4 is 0 Å². The fraction of sp³-hybridized carbons (Fsp3) is 0.917. The van der Waals surface area contributed by atoms with E-state index >= 15 is 0 Å². The molecule has 0 saturated heterocycles. The lowest BCUT2D eigenvalue weighted by Gasteiger charge is -2.19. The van der Waals surface area contributed by atoms with Crippen LogP contribution in [0.4, 0.5) is 0 Å². The number of hydrogen-bond acceptors (Lipinski definition) is 2. The van der Waals surface area contributed by atoms with Crippen LogP contribution >= 0.6 is 0 Å². The monoisotopic (exact) mass is 198 g/mol. The maximum Gasteiger partial charge on any atom is 0.0406 e. The molecule has 0 saturated carbocycles. The first kappa shape index (κ1) is 13.5. The van der Waals surface area contributed by atoms with E-state index < -0.39 is 0 Å². The van der Waals surface area contributed by atoms with E-state index in [0.717, 1.165) is 12.3 Å². The van der Waals surface area contributed by atoms with Crippen LogP contribution in [0.25, 0.3) is 0 Å². The molecule has 0 aromatic heterocycles. The first-order valence-electron chi connectivity index (χ1n) is 5.75. The van der Waals surface area contributed by atoms with E-state index in [-0.39, 0.29) is 0 Å². The van der Waals surface area contributed by atoms with E-state index in [4.69, 9.17) is 0 Å². The zero-order valence-electron chi connectivity index (χ0n) is 10.7. The molecule has 0 rings (SSSR count). The number of rotatable bonds is 6. The van der Waals surface area contributed by atoms with Gasteiger partial charge in [-0.1, -0.05) is 34.1 Å². The second kappa shape index (κ2) is 6.86. The van der Waals surface area contributed by atoms with Crippen LogP contribution in [0.2, 0.25) is 0 Å². The highest BCUT2D eigenvalue weighted by atomic mass is 15.4. The molecule has 0 aliphatic rings. The third kappa shape index (κ3) is 5.25. The highest BCUT2D eigenvalue weighted by Crippen LogP contribution is 2.17. The molecule has 14 heavy (non-hydrogen) atoms. The molecule has 0 aliphatic carbocycles. The molecule has 0 aromatic rings. The summed E-state index contributed by atoms with van der Waals surface area (Å²) < 4.78 is 0. The summed E-state index contributed by atoms with van der Waals surface area (Å²) in [6.07, 6.45) is 3.59. The third-order valence-corrected chi connectivity index (χ3v) is 2.71. The van der Waals surface area contributed by atoms with E-state index in [2.05, 4.69) is 32.8 Å². The number of hydrazone groups is 1. The van der Waals surface area contributed by atoms with Crippen molar-refractivity contribution < 1.29 is 0 Å². The Morgan fingerprint density at radius 3 is 2.14 bits per heavy atom. The Morgan fingerprint density at radius 1 is 1.21 bits per heavy atom. The first-order chi connectivity index (χ1) is 6.51. The molecule has 2 nitrogen and oxygen atoms in total. The highest BCUT2D eigenvalue weighted by Gasteiger charge is 2.12. The Hall–Kier alpha value is -0.530. The molecule has 0 bridgehead atoms. The Labute approximate surface area is 89.4 Å². The van der Waals surface area contributed by atoms with Gasteiger partial charge in [-0.2, -0.15) is 5.10 Å². The molecule has 0 spiro atoms. The van der Waals surface area contributed by atoms with Crippen molar-refractivity contribution in [3.63, 3.8) is 0 Å². The summed E-state index contributed by atoms with van der Waals surface area (Å²) in [6, 6.07) is 0. The van der Waals surface area contributed by atoms with E-state index in [1.807, 2.05) is 19.1 Å². The van der Waals surface area contributed by atoms with E-state index in [1.54, 1.807) is 0 Å². The molecular weight excluding hydrogens is 172 g/mol. The summed E-state index contributed by atoms with van der Waals surface area (Å²) in [5, 5.41) is 6.44. The molecule has 0 N–H and O–H groups in total. The van der Waals surface area contributed by atoms with E-state index in [9.17, 15) is 0 Å². The second-order valence-corrected chi connectivity index (χ2v) is 4.44. The molecule has 0 aliphatic heterocycles. The Kier molecular flexibility index (Phi) is 6.60. The van der Waals surface area contributed by atoms with Gasteiger partial charge in [0.2, 0.25) is 0 Å². The minimum absolute atomic E-state index is 0.623. The van der Waals surface area contributed by atoms with Crippen LogP contribution in [0.1, 0.15) is 47.0 Å². The number of nitrogens with zero attached hydrogens (tertiary/aromatic N) is 2. The van der Waals surface area contributed by atoms with E-state index in [0.29, 0.717) is 5.92 Å². The van der Waals surface area contributed by atoms with Crippen LogP contribution in [0.5, 0.6) is 0 Å². The molecule has 0 heterocycles. The summed E-state index contributed by atoms with van der Waals surface area (Å²) in [6.45, 7) is 9.05. The summed E-state index contributed by atoms with van der Waals surface area (Å²) in [5.41, 5.74) is 1.33. The summed E-state index contributed by atoms with van der Waals surface area (Å²) in [5.74, 6) is 1.43. The van der Waals surface area contributed by atoms with Gasteiger partial charge in [0, 0.05) is 19.8 Å². The van der Waals surface area contributed by atoms with Crippen LogP contribution in [-0.2, 0) is 0 Å². The van der Waals surface area contributed by atoms with Crippen molar-refractivity contribution in [2.45, 2.75) is 47.0 Å². The Morgan fingerprint density at radius 2 is 1.79 bits per heavy atom. The standard InChI is InChI=1S/C12H26N2/c1-7-10(3)9-11(4)12(8-2)13-14(5)6/h10-11H,7-9H2,1-6H3/b13-12+. The van der Waals surface area contributed by atoms with Gasteiger partial charge in [-0.25, -0.2) is 0 Å². The minimum atomic E-state index is 0.623. The minimum Gasteiger partial charge on any atom is -0.303 e. The normalized spacial score (nSPS) is 16.6. The SMILES string of the molecule is CC/C(=N\N(C)C)C(C)CC(C)CC. The molecule has 84 valence electrons. The van der Waals surface area contributed by atoms with Crippen molar-refractivity contribution in [3.8, 4) is 0 Å². The van der Waals surface area contributed by atoms with Crippen molar-refractivity contribution in [1.29, 1.82) is 0 Å². The van der Waals surface area contributed by atoms with Gasteiger partial charge in [-0.15, -0.1) is 0 Å². The van der Waals surface area contributed by atoms with Crippen molar-refractivity contribution in [1.82, 2.24) is 5.01 Å². The average Bonchev–Trinajstić information content (AvgIpc) is 2.13. The molecule has 2 unspecified atom stereocenters. The Balaban J connectivity index is 4.24. The molecule has 2 atom stereocenters. The van der Waals surface area contributed by atoms with Crippen molar-refractivity contribution in [3.05, 3.63) is 0 Å². The second-order valence-electron chi connectivity index (χ2n) is 4.44. The summed E-state index contributed by atoms with van der Waals surface area (Å²) in [4.78, 5) is 0. The van der Waals surface area contributed by atoms with Gasteiger partial charge in [-0.05, 0) is 24.7 Å². The van der Waals surface area contributed by atoms with Crippen LogP contribution in [0, 0.1) is 11.8 Å². The topological polar surface area (TPSA) is 15.6 Å². The zero-order valence-corrected chi connectivity index (χ0v) is 10.7. The summed E-state index contributed by atoms with van der Waals surface area (Å²) >= 11 is 0. The highest BCUT2D eigenvalue weighted by molar-refractivity contribution is 5.86. The molecule has 0 radical (unpaired) electrons. The largest absolute Gasteiger partial charge is 0.303 e. The van der Waals surface area contributed by atoms with Gasteiger partial charge in [0.25, 0.3) is 0 Å². The van der Waals surface area contributed by atoms with Gasteiger partial charge in [0.05, 0.1) is 0 Å². The van der Waals surface area contributed by atoms with Crippen LogP contribution in [0.3, 0.4) is 0 Å². The lowest BCUT2D eigenvalue weighted by atomic mass is 9.91. The van der Waals surface area contributed by atoms with Crippen molar-refractivity contribution >= 4 is 5.71 Å².